The quantitative estimate of drug-likeness (QED) is 0.409. The van der Waals surface area contributed by atoms with Crippen LogP contribution in [0.25, 0.3) is 43.3 Å². The number of hydrogen-bond acceptors (Lipinski definition) is 3. The predicted octanol–water partition coefficient (Wildman–Crippen LogP) is 5.61. The molecule has 0 fully saturated rings. The lowest BCUT2D eigenvalue weighted by molar-refractivity contribution is 0.416. The number of methoxy groups -OCH3 is 1. The number of ether oxygens (including phenoxy) is 1. The van der Waals surface area contributed by atoms with Crippen LogP contribution in [0.4, 0.5) is 0 Å². The van der Waals surface area contributed by atoms with Gasteiger partial charge in [0.15, 0.2) is 0 Å². The Balaban J connectivity index is 2.21. The van der Waals surface area contributed by atoms with E-state index in [0.717, 1.165) is 49.0 Å². The highest BCUT2D eigenvalue weighted by Gasteiger charge is 2.17. The maximum atomic E-state index is 10.0. The molecule has 0 spiro atoms. The van der Waals surface area contributed by atoms with Crippen molar-refractivity contribution in [1.29, 1.82) is 0 Å². The molecule has 5 aromatic rings. The highest BCUT2D eigenvalue weighted by atomic mass is 16.5. The molecule has 0 aliphatic heterocycles. The Kier molecular flexibility index (Phi) is 2.57. The van der Waals surface area contributed by atoms with E-state index in [-0.39, 0.29) is 5.75 Å². The van der Waals surface area contributed by atoms with Crippen molar-refractivity contribution in [3.8, 4) is 11.5 Å². The van der Waals surface area contributed by atoms with Crippen LogP contribution >= 0.6 is 0 Å². The normalized spacial score (nSPS) is 11.7. The first kappa shape index (κ1) is 13.3. The molecule has 3 nitrogen and oxygen atoms in total. The molecule has 5 rings (SSSR count). The second-order valence-corrected chi connectivity index (χ2v) is 5.94. The van der Waals surface area contributed by atoms with Crippen molar-refractivity contribution in [3.05, 3.63) is 60.9 Å². The lowest BCUT2D eigenvalue weighted by Gasteiger charge is -2.10. The Morgan fingerprint density at radius 1 is 0.833 bits per heavy atom. The van der Waals surface area contributed by atoms with Crippen LogP contribution in [0.15, 0.2) is 65.3 Å². The molecule has 1 N–H and O–H groups in total. The molecular formula is C21H14O3. The second kappa shape index (κ2) is 4.65. The molecule has 3 heteroatoms. The van der Waals surface area contributed by atoms with E-state index < -0.39 is 0 Å². The number of phenolic OH excluding ortho intramolecular Hbond substituents is 1. The molecule has 0 saturated heterocycles. The first-order valence-electron chi connectivity index (χ1n) is 7.79. The third-order valence-electron chi connectivity index (χ3n) is 4.68. The van der Waals surface area contributed by atoms with Crippen LogP contribution in [0.2, 0.25) is 0 Å². The molecule has 0 aliphatic carbocycles. The van der Waals surface area contributed by atoms with Crippen LogP contribution in [-0.4, -0.2) is 12.2 Å². The monoisotopic (exact) mass is 314 g/mol. The number of rotatable bonds is 1. The third kappa shape index (κ3) is 1.61. The Morgan fingerprint density at radius 2 is 1.71 bits per heavy atom. The highest BCUT2D eigenvalue weighted by Crippen LogP contribution is 2.44. The summed E-state index contributed by atoms with van der Waals surface area (Å²) in [6.07, 6.45) is 1.64. The Labute approximate surface area is 137 Å². The summed E-state index contributed by atoms with van der Waals surface area (Å²) in [6.45, 7) is 0. The van der Waals surface area contributed by atoms with Crippen molar-refractivity contribution in [1.82, 2.24) is 0 Å². The molecule has 0 saturated carbocycles. The van der Waals surface area contributed by atoms with Crippen LogP contribution in [0, 0.1) is 0 Å². The minimum absolute atomic E-state index is 0.247. The molecular weight excluding hydrogens is 300 g/mol. The summed E-state index contributed by atoms with van der Waals surface area (Å²) in [4.78, 5) is 0. The van der Waals surface area contributed by atoms with Gasteiger partial charge in [-0.15, -0.1) is 0 Å². The number of phenols is 1. The Morgan fingerprint density at radius 3 is 2.58 bits per heavy atom. The zero-order chi connectivity index (χ0) is 16.3. The minimum atomic E-state index is 0.247. The van der Waals surface area contributed by atoms with E-state index >= 15 is 0 Å². The maximum Gasteiger partial charge on any atom is 0.145 e. The smallest absolute Gasteiger partial charge is 0.145 e. The number of hydrogen-bond donors (Lipinski definition) is 1. The molecule has 1 aromatic heterocycles. The van der Waals surface area contributed by atoms with Gasteiger partial charge in [-0.2, -0.15) is 0 Å². The number of aromatic hydroxyl groups is 1. The standard InChI is InChI=1S/C21H14O3/c1-23-18-8-9-24-21-15-7-6-13(22)11-16(15)19-14-5-3-2-4-12(14)10-17(19)20(18)21/h2-11,22H,1H3. The van der Waals surface area contributed by atoms with Gasteiger partial charge in [-0.3, -0.25) is 0 Å². The van der Waals surface area contributed by atoms with Crippen molar-refractivity contribution < 1.29 is 14.3 Å². The van der Waals surface area contributed by atoms with Crippen LogP contribution < -0.4 is 4.74 Å². The summed E-state index contributed by atoms with van der Waals surface area (Å²) in [7, 11) is 1.67. The minimum Gasteiger partial charge on any atom is -0.508 e. The van der Waals surface area contributed by atoms with Crippen LogP contribution in [0.3, 0.4) is 0 Å². The maximum absolute atomic E-state index is 10.0. The lowest BCUT2D eigenvalue weighted by Crippen LogP contribution is -1.87. The van der Waals surface area contributed by atoms with E-state index in [0.29, 0.717) is 0 Å². The average molecular weight is 314 g/mol. The van der Waals surface area contributed by atoms with E-state index in [2.05, 4.69) is 18.2 Å². The third-order valence-corrected chi connectivity index (χ3v) is 4.68. The summed E-state index contributed by atoms with van der Waals surface area (Å²) in [5.41, 5.74) is 0.771. The summed E-state index contributed by atoms with van der Waals surface area (Å²) < 4.78 is 11.4. The lowest BCUT2D eigenvalue weighted by atomic mass is 9.99. The molecule has 0 aliphatic rings. The molecule has 24 heavy (non-hydrogen) atoms. The Hall–Kier alpha value is -3.20. The number of benzene rings is 3. The summed E-state index contributed by atoms with van der Waals surface area (Å²) in [5, 5.41) is 17.4. The van der Waals surface area contributed by atoms with E-state index in [1.54, 1.807) is 25.5 Å². The molecule has 1 heterocycles. The molecule has 0 bridgehead atoms. The van der Waals surface area contributed by atoms with Gasteiger partial charge in [0.1, 0.15) is 17.1 Å². The van der Waals surface area contributed by atoms with Gasteiger partial charge in [0.2, 0.25) is 0 Å². The number of fused-ring (bicyclic) bond motifs is 8. The largest absolute Gasteiger partial charge is 0.508 e. The summed E-state index contributed by atoms with van der Waals surface area (Å²) in [6, 6.07) is 17.7. The van der Waals surface area contributed by atoms with Gasteiger partial charge in [-0.05, 0) is 51.2 Å². The molecule has 0 amide bonds. The van der Waals surface area contributed by atoms with Crippen molar-refractivity contribution >= 4 is 43.3 Å². The SMILES string of the molecule is COc1ccoc2c3ccc(O)cc3c3c4ccccc4cc3c12. The van der Waals surface area contributed by atoms with E-state index in [1.165, 1.54) is 0 Å². The van der Waals surface area contributed by atoms with Gasteiger partial charge in [-0.1, -0.05) is 24.3 Å². The Bertz CT molecular complexity index is 1250. The van der Waals surface area contributed by atoms with Crippen molar-refractivity contribution in [2.75, 3.05) is 7.11 Å². The summed E-state index contributed by atoms with van der Waals surface area (Å²) >= 11 is 0. The average Bonchev–Trinajstić information content (AvgIpc) is 3.00. The molecule has 0 atom stereocenters. The molecule has 116 valence electrons. The highest BCUT2D eigenvalue weighted by molar-refractivity contribution is 6.33. The van der Waals surface area contributed by atoms with Gasteiger partial charge >= 0.3 is 0 Å². The fraction of sp³-hybridized carbons (Fsp3) is 0.0476. The topological polar surface area (TPSA) is 42.6 Å². The van der Waals surface area contributed by atoms with E-state index in [4.69, 9.17) is 9.15 Å². The zero-order valence-electron chi connectivity index (χ0n) is 13.0. The first-order valence-corrected chi connectivity index (χ1v) is 7.79. The first-order chi connectivity index (χ1) is 11.8. The fourth-order valence-electron chi connectivity index (χ4n) is 3.69. The van der Waals surface area contributed by atoms with Crippen LogP contribution in [-0.2, 0) is 0 Å². The van der Waals surface area contributed by atoms with Gasteiger partial charge in [0, 0.05) is 11.5 Å². The van der Waals surface area contributed by atoms with E-state index in [1.807, 2.05) is 24.3 Å². The van der Waals surface area contributed by atoms with Gasteiger partial charge in [-0.25, -0.2) is 0 Å². The predicted molar refractivity (Wildman–Crippen MR) is 96.9 cm³/mol. The second-order valence-electron chi connectivity index (χ2n) is 5.94. The molecule has 0 radical (unpaired) electrons. The van der Waals surface area contributed by atoms with Crippen LogP contribution in [0.5, 0.6) is 11.5 Å². The van der Waals surface area contributed by atoms with Crippen molar-refractivity contribution in [2.45, 2.75) is 0 Å². The fourth-order valence-corrected chi connectivity index (χ4v) is 3.69. The van der Waals surface area contributed by atoms with Crippen molar-refractivity contribution in [2.24, 2.45) is 0 Å². The molecule has 4 aromatic carbocycles. The van der Waals surface area contributed by atoms with E-state index in [9.17, 15) is 5.11 Å². The van der Waals surface area contributed by atoms with Gasteiger partial charge in [0.25, 0.3) is 0 Å². The zero-order valence-corrected chi connectivity index (χ0v) is 13.0. The van der Waals surface area contributed by atoms with Gasteiger partial charge in [0.05, 0.1) is 18.8 Å². The van der Waals surface area contributed by atoms with Crippen molar-refractivity contribution in [3.63, 3.8) is 0 Å². The molecule has 0 unspecified atom stereocenters. The van der Waals surface area contributed by atoms with Crippen LogP contribution in [0.1, 0.15) is 0 Å². The van der Waals surface area contributed by atoms with Gasteiger partial charge < -0.3 is 14.3 Å². The summed E-state index contributed by atoms with van der Waals surface area (Å²) in [5.74, 6) is 1.03.